The minimum Gasteiger partial charge on any atom is -0.378 e. The molecule has 0 unspecified atom stereocenters. The largest absolute Gasteiger partial charge is 0.378 e. The summed E-state index contributed by atoms with van der Waals surface area (Å²) in [4.78, 5) is 6.65. The van der Waals surface area contributed by atoms with Crippen LogP contribution >= 0.6 is 0 Å². The summed E-state index contributed by atoms with van der Waals surface area (Å²) >= 11 is 0. The topological polar surface area (TPSA) is 75.4 Å². The van der Waals surface area contributed by atoms with Gasteiger partial charge in [0.1, 0.15) is 11.6 Å². The number of nitrogens with zero attached hydrogens (tertiary/aromatic N) is 2. The van der Waals surface area contributed by atoms with Crippen LogP contribution in [0.2, 0.25) is 0 Å². The van der Waals surface area contributed by atoms with E-state index in [1.807, 2.05) is 18.2 Å². The molecule has 0 saturated carbocycles. The van der Waals surface area contributed by atoms with Gasteiger partial charge in [0.15, 0.2) is 0 Å². The van der Waals surface area contributed by atoms with Crippen molar-refractivity contribution in [2.75, 3.05) is 41.9 Å². The van der Waals surface area contributed by atoms with Gasteiger partial charge >= 0.3 is 0 Å². The third-order valence-electron chi connectivity index (χ3n) is 3.41. The minimum absolute atomic E-state index is 0.630. The average Bonchev–Trinajstić information content (AvgIpc) is 2.56. The van der Waals surface area contributed by atoms with Crippen molar-refractivity contribution < 1.29 is 4.74 Å². The van der Waals surface area contributed by atoms with Gasteiger partial charge in [-0.2, -0.15) is 0 Å². The molecule has 1 aromatic carbocycles. The van der Waals surface area contributed by atoms with Crippen molar-refractivity contribution in [2.24, 2.45) is 5.84 Å². The van der Waals surface area contributed by atoms with E-state index in [0.29, 0.717) is 5.82 Å². The normalized spacial score (nSPS) is 14.8. The number of morpholine rings is 1. The van der Waals surface area contributed by atoms with Crippen LogP contribution in [0.25, 0.3) is 0 Å². The molecule has 21 heavy (non-hydrogen) atoms. The second kappa shape index (κ2) is 6.43. The van der Waals surface area contributed by atoms with E-state index >= 15 is 0 Å². The predicted molar refractivity (Wildman–Crippen MR) is 84.8 cm³/mol. The molecule has 0 spiro atoms. The monoisotopic (exact) mass is 285 g/mol. The average molecular weight is 285 g/mol. The molecule has 1 saturated heterocycles. The van der Waals surface area contributed by atoms with Crippen molar-refractivity contribution in [1.29, 1.82) is 0 Å². The number of hydrazine groups is 1. The van der Waals surface area contributed by atoms with Crippen molar-refractivity contribution in [1.82, 2.24) is 4.98 Å². The zero-order chi connectivity index (χ0) is 14.5. The summed E-state index contributed by atoms with van der Waals surface area (Å²) in [6, 6.07) is 13.9. The molecule has 110 valence electrons. The Hall–Kier alpha value is -2.31. The Balaban J connectivity index is 1.68. The third-order valence-corrected chi connectivity index (χ3v) is 3.41. The lowest BCUT2D eigenvalue weighted by molar-refractivity contribution is 0.122. The molecule has 0 amide bonds. The number of ether oxygens (including phenoxy) is 1. The number of benzene rings is 1. The Bertz CT molecular complexity index is 581. The van der Waals surface area contributed by atoms with Crippen LogP contribution in [0.1, 0.15) is 0 Å². The van der Waals surface area contributed by atoms with Gasteiger partial charge in [0.2, 0.25) is 0 Å². The maximum absolute atomic E-state index is 5.37. The van der Waals surface area contributed by atoms with Crippen molar-refractivity contribution in [2.45, 2.75) is 0 Å². The molecular formula is C15H19N5O. The predicted octanol–water partition coefficient (Wildman–Crippen LogP) is 1.95. The molecule has 6 nitrogen and oxygen atoms in total. The molecule has 2 heterocycles. The van der Waals surface area contributed by atoms with E-state index < -0.39 is 0 Å². The van der Waals surface area contributed by atoms with Crippen molar-refractivity contribution in [3.63, 3.8) is 0 Å². The van der Waals surface area contributed by atoms with E-state index in [-0.39, 0.29) is 0 Å². The molecule has 0 radical (unpaired) electrons. The standard InChI is InChI=1S/C15H19N5O/c16-19-15-3-1-2-14(18-15)17-12-4-6-13(7-5-12)20-8-10-21-11-9-20/h1-7H,8-11,16H2,(H2,17,18,19). The van der Waals surface area contributed by atoms with E-state index in [4.69, 9.17) is 10.6 Å². The van der Waals surface area contributed by atoms with Crippen LogP contribution < -0.4 is 21.5 Å². The number of aromatic nitrogens is 1. The van der Waals surface area contributed by atoms with Gasteiger partial charge in [-0.3, -0.25) is 0 Å². The highest BCUT2D eigenvalue weighted by atomic mass is 16.5. The van der Waals surface area contributed by atoms with Gasteiger partial charge in [0, 0.05) is 24.5 Å². The number of nitrogen functional groups attached to an aromatic ring is 1. The molecule has 0 atom stereocenters. The van der Waals surface area contributed by atoms with Crippen LogP contribution in [0.5, 0.6) is 0 Å². The van der Waals surface area contributed by atoms with Crippen LogP contribution in [0.3, 0.4) is 0 Å². The first kappa shape index (κ1) is 13.7. The van der Waals surface area contributed by atoms with E-state index in [0.717, 1.165) is 37.8 Å². The van der Waals surface area contributed by atoms with Gasteiger partial charge in [0.05, 0.1) is 13.2 Å². The van der Waals surface area contributed by atoms with Gasteiger partial charge in [-0.15, -0.1) is 0 Å². The lowest BCUT2D eigenvalue weighted by atomic mass is 10.2. The van der Waals surface area contributed by atoms with E-state index in [1.165, 1.54) is 5.69 Å². The minimum atomic E-state index is 0.630. The van der Waals surface area contributed by atoms with Crippen molar-refractivity contribution >= 4 is 23.0 Å². The Morgan fingerprint density at radius 1 is 1.00 bits per heavy atom. The first-order chi connectivity index (χ1) is 10.3. The molecule has 2 aromatic rings. The number of nitrogens with two attached hydrogens (primary N) is 1. The second-order valence-corrected chi connectivity index (χ2v) is 4.82. The van der Waals surface area contributed by atoms with E-state index in [1.54, 1.807) is 0 Å². The Morgan fingerprint density at radius 2 is 1.71 bits per heavy atom. The van der Waals surface area contributed by atoms with Gasteiger partial charge in [-0.25, -0.2) is 10.8 Å². The smallest absolute Gasteiger partial charge is 0.142 e. The highest BCUT2D eigenvalue weighted by Crippen LogP contribution is 2.21. The molecule has 4 N–H and O–H groups in total. The van der Waals surface area contributed by atoms with Crippen molar-refractivity contribution in [3.8, 4) is 0 Å². The summed E-state index contributed by atoms with van der Waals surface area (Å²) in [5.74, 6) is 6.74. The van der Waals surface area contributed by atoms with Gasteiger partial charge in [0.25, 0.3) is 0 Å². The van der Waals surface area contributed by atoms with Crippen LogP contribution in [0, 0.1) is 0 Å². The highest BCUT2D eigenvalue weighted by molar-refractivity contribution is 5.61. The number of hydrogen-bond donors (Lipinski definition) is 3. The van der Waals surface area contributed by atoms with Crippen LogP contribution in [0.15, 0.2) is 42.5 Å². The number of hydrogen-bond acceptors (Lipinski definition) is 6. The Kier molecular flexibility index (Phi) is 4.18. The summed E-state index contributed by atoms with van der Waals surface area (Å²) in [6.07, 6.45) is 0. The number of pyridine rings is 1. The molecule has 0 aliphatic carbocycles. The van der Waals surface area contributed by atoms with Gasteiger partial charge in [-0.1, -0.05) is 6.07 Å². The molecule has 3 rings (SSSR count). The lowest BCUT2D eigenvalue weighted by Crippen LogP contribution is -2.36. The summed E-state index contributed by atoms with van der Waals surface area (Å²) in [6.45, 7) is 3.47. The molecule has 6 heteroatoms. The van der Waals surface area contributed by atoms with Crippen molar-refractivity contribution in [3.05, 3.63) is 42.5 Å². The number of anilines is 4. The Morgan fingerprint density at radius 3 is 2.43 bits per heavy atom. The zero-order valence-electron chi connectivity index (χ0n) is 11.7. The molecule has 0 bridgehead atoms. The van der Waals surface area contributed by atoms with Gasteiger partial charge < -0.3 is 20.4 Å². The summed E-state index contributed by atoms with van der Waals surface area (Å²) in [5, 5.41) is 3.26. The molecular weight excluding hydrogens is 266 g/mol. The van der Waals surface area contributed by atoms with Crippen LogP contribution in [-0.4, -0.2) is 31.3 Å². The maximum Gasteiger partial charge on any atom is 0.142 e. The maximum atomic E-state index is 5.37. The number of rotatable bonds is 4. The van der Waals surface area contributed by atoms with Gasteiger partial charge in [-0.05, 0) is 36.4 Å². The summed E-state index contributed by atoms with van der Waals surface area (Å²) < 4.78 is 5.37. The highest BCUT2D eigenvalue weighted by Gasteiger charge is 2.10. The molecule has 1 aliphatic heterocycles. The summed E-state index contributed by atoms with van der Waals surface area (Å²) in [5.41, 5.74) is 4.75. The second-order valence-electron chi connectivity index (χ2n) is 4.82. The Labute approximate surface area is 123 Å². The van der Waals surface area contributed by atoms with E-state index in [9.17, 15) is 0 Å². The summed E-state index contributed by atoms with van der Waals surface area (Å²) in [7, 11) is 0. The fourth-order valence-electron chi connectivity index (χ4n) is 2.31. The SMILES string of the molecule is NNc1cccc(Nc2ccc(N3CCOCC3)cc2)n1. The third kappa shape index (κ3) is 3.42. The van der Waals surface area contributed by atoms with Crippen LogP contribution in [0.4, 0.5) is 23.0 Å². The van der Waals surface area contributed by atoms with E-state index in [2.05, 4.69) is 44.9 Å². The first-order valence-electron chi connectivity index (χ1n) is 6.98. The zero-order valence-corrected chi connectivity index (χ0v) is 11.7. The molecule has 1 fully saturated rings. The molecule has 1 aromatic heterocycles. The number of nitrogens with one attached hydrogen (secondary N) is 2. The fraction of sp³-hybridized carbons (Fsp3) is 0.267. The quantitative estimate of drug-likeness (QED) is 0.589. The lowest BCUT2D eigenvalue weighted by Gasteiger charge is -2.28. The molecule has 1 aliphatic rings. The first-order valence-corrected chi connectivity index (χ1v) is 6.98. The van der Waals surface area contributed by atoms with Crippen LogP contribution in [-0.2, 0) is 4.74 Å². The fourth-order valence-corrected chi connectivity index (χ4v) is 2.31.